The first-order valence-electron chi connectivity index (χ1n) is 8.59. The summed E-state index contributed by atoms with van der Waals surface area (Å²) < 4.78 is 32.2. The van der Waals surface area contributed by atoms with Crippen LogP contribution in [-0.4, -0.2) is 54.7 Å². The van der Waals surface area contributed by atoms with Crippen LogP contribution in [0.1, 0.15) is 10.4 Å². The van der Waals surface area contributed by atoms with Gasteiger partial charge in [-0.3, -0.25) is 9.10 Å². The standard InChI is InChI=1S/C19H25N3O4S.ClH/c1-22(16-8-4-3-5-9-16)27(24,25)18-11-7-6-10-17(18)19(23)21-13-12-20-14-15-26-2;/h3-11,20H,12-15H2,1-2H3,(H,21,23);1H. The van der Waals surface area contributed by atoms with Crippen molar-refractivity contribution in [1.29, 1.82) is 0 Å². The van der Waals surface area contributed by atoms with Crippen molar-refractivity contribution in [3.8, 4) is 0 Å². The predicted molar refractivity (Wildman–Crippen MR) is 113 cm³/mol. The first-order chi connectivity index (χ1) is 13.0. The zero-order valence-electron chi connectivity index (χ0n) is 15.9. The number of hydrogen-bond donors (Lipinski definition) is 2. The van der Waals surface area contributed by atoms with Gasteiger partial charge in [-0.1, -0.05) is 30.3 Å². The van der Waals surface area contributed by atoms with Crippen LogP contribution < -0.4 is 14.9 Å². The minimum absolute atomic E-state index is 0. The summed E-state index contributed by atoms with van der Waals surface area (Å²) >= 11 is 0. The number of ether oxygens (including phenoxy) is 1. The number of anilines is 1. The van der Waals surface area contributed by atoms with E-state index in [0.29, 0.717) is 31.9 Å². The minimum atomic E-state index is -3.87. The van der Waals surface area contributed by atoms with Crippen molar-refractivity contribution >= 4 is 34.0 Å². The molecule has 0 bridgehead atoms. The maximum atomic E-state index is 13.0. The highest BCUT2D eigenvalue weighted by Crippen LogP contribution is 2.24. The van der Waals surface area contributed by atoms with Gasteiger partial charge >= 0.3 is 0 Å². The normalized spacial score (nSPS) is 10.8. The van der Waals surface area contributed by atoms with Crippen LogP contribution in [0, 0.1) is 0 Å². The number of amides is 1. The van der Waals surface area contributed by atoms with Crippen LogP contribution in [0.5, 0.6) is 0 Å². The molecule has 2 N–H and O–H groups in total. The van der Waals surface area contributed by atoms with Gasteiger partial charge in [0, 0.05) is 33.8 Å². The lowest BCUT2D eigenvalue weighted by Gasteiger charge is -2.21. The summed E-state index contributed by atoms with van der Waals surface area (Å²) in [7, 11) is -0.780. The van der Waals surface area contributed by atoms with Gasteiger partial charge in [0.1, 0.15) is 4.90 Å². The largest absolute Gasteiger partial charge is 0.383 e. The molecule has 0 spiro atoms. The Morgan fingerprint density at radius 2 is 1.64 bits per heavy atom. The molecule has 0 unspecified atom stereocenters. The molecular weight excluding hydrogens is 402 g/mol. The van der Waals surface area contributed by atoms with Gasteiger partial charge in [0.05, 0.1) is 17.9 Å². The number of carbonyl (C=O) groups excluding carboxylic acids is 1. The molecular formula is C19H26ClN3O4S. The number of halogens is 1. The Hall–Kier alpha value is -2.13. The summed E-state index contributed by atoms with van der Waals surface area (Å²) in [4.78, 5) is 12.5. The Labute approximate surface area is 172 Å². The lowest BCUT2D eigenvalue weighted by molar-refractivity contribution is 0.0950. The van der Waals surface area contributed by atoms with Crippen molar-refractivity contribution < 1.29 is 17.9 Å². The minimum Gasteiger partial charge on any atom is -0.383 e. The van der Waals surface area contributed by atoms with Crippen LogP contribution in [0.2, 0.25) is 0 Å². The van der Waals surface area contributed by atoms with Crippen molar-refractivity contribution in [2.45, 2.75) is 4.90 Å². The Morgan fingerprint density at radius 3 is 2.32 bits per heavy atom. The molecule has 0 aliphatic heterocycles. The second-order valence-corrected chi connectivity index (χ2v) is 7.74. The molecule has 0 aromatic heterocycles. The van der Waals surface area contributed by atoms with Crippen molar-refractivity contribution in [3.05, 3.63) is 60.2 Å². The maximum absolute atomic E-state index is 13.0. The van der Waals surface area contributed by atoms with Gasteiger partial charge in [-0.25, -0.2) is 8.42 Å². The van der Waals surface area contributed by atoms with Gasteiger partial charge in [0.15, 0.2) is 0 Å². The number of sulfonamides is 1. The van der Waals surface area contributed by atoms with Crippen LogP contribution in [0.15, 0.2) is 59.5 Å². The highest BCUT2D eigenvalue weighted by atomic mass is 35.5. The molecule has 2 rings (SSSR count). The predicted octanol–water partition coefficient (Wildman–Crippen LogP) is 1.90. The Morgan fingerprint density at radius 1 is 1.00 bits per heavy atom. The fourth-order valence-electron chi connectivity index (χ4n) is 2.46. The fourth-order valence-corrected chi connectivity index (χ4v) is 3.85. The molecule has 0 radical (unpaired) electrons. The third-order valence-corrected chi connectivity index (χ3v) is 5.80. The second kappa shape index (κ2) is 11.7. The van der Waals surface area contributed by atoms with E-state index < -0.39 is 15.9 Å². The van der Waals surface area contributed by atoms with Crippen LogP contribution in [0.4, 0.5) is 5.69 Å². The number of carbonyl (C=O) groups is 1. The molecule has 0 saturated heterocycles. The van der Waals surface area contributed by atoms with E-state index in [0.717, 1.165) is 0 Å². The Balaban J connectivity index is 0.00000392. The number of methoxy groups -OCH3 is 1. The van der Waals surface area contributed by atoms with E-state index >= 15 is 0 Å². The van der Waals surface area contributed by atoms with Gasteiger partial charge in [-0.05, 0) is 24.3 Å². The van der Waals surface area contributed by atoms with E-state index in [4.69, 9.17) is 4.74 Å². The number of rotatable bonds is 10. The fraction of sp³-hybridized carbons (Fsp3) is 0.316. The molecule has 9 heteroatoms. The van der Waals surface area contributed by atoms with Crippen LogP contribution in [-0.2, 0) is 14.8 Å². The van der Waals surface area contributed by atoms with E-state index in [1.807, 2.05) is 6.07 Å². The molecule has 0 atom stereocenters. The average Bonchev–Trinajstić information content (AvgIpc) is 2.70. The lowest BCUT2D eigenvalue weighted by Crippen LogP contribution is -2.34. The highest BCUT2D eigenvalue weighted by Gasteiger charge is 2.26. The zero-order valence-corrected chi connectivity index (χ0v) is 17.6. The van der Waals surface area contributed by atoms with Gasteiger partial charge in [0.2, 0.25) is 0 Å². The third-order valence-electron chi connectivity index (χ3n) is 3.96. The van der Waals surface area contributed by atoms with Crippen LogP contribution in [0.25, 0.3) is 0 Å². The SMILES string of the molecule is COCCNCCNC(=O)c1ccccc1S(=O)(=O)N(C)c1ccccc1.Cl. The molecule has 7 nitrogen and oxygen atoms in total. The number of benzene rings is 2. The molecule has 154 valence electrons. The molecule has 0 fully saturated rings. The Kier molecular flexibility index (Phi) is 9.95. The monoisotopic (exact) mass is 427 g/mol. The molecule has 0 aliphatic rings. The average molecular weight is 428 g/mol. The quantitative estimate of drug-likeness (QED) is 0.565. The van der Waals surface area contributed by atoms with Gasteiger partial charge in [-0.15, -0.1) is 12.4 Å². The molecule has 0 aliphatic carbocycles. The van der Waals surface area contributed by atoms with E-state index in [9.17, 15) is 13.2 Å². The molecule has 0 saturated carbocycles. The summed E-state index contributed by atoms with van der Waals surface area (Å²) in [5.41, 5.74) is 0.646. The summed E-state index contributed by atoms with van der Waals surface area (Å²) in [6.45, 7) is 2.21. The molecule has 2 aromatic carbocycles. The summed E-state index contributed by atoms with van der Waals surface area (Å²) in [5, 5.41) is 5.85. The zero-order chi connectivity index (χ0) is 19.7. The summed E-state index contributed by atoms with van der Waals surface area (Å²) in [6.07, 6.45) is 0. The first-order valence-corrected chi connectivity index (χ1v) is 10.0. The van der Waals surface area contributed by atoms with Crippen molar-refractivity contribution in [3.63, 3.8) is 0 Å². The van der Waals surface area contributed by atoms with Crippen LogP contribution in [0.3, 0.4) is 0 Å². The van der Waals surface area contributed by atoms with Crippen molar-refractivity contribution in [1.82, 2.24) is 10.6 Å². The smallest absolute Gasteiger partial charge is 0.264 e. The van der Waals surface area contributed by atoms with E-state index in [2.05, 4.69) is 10.6 Å². The molecule has 28 heavy (non-hydrogen) atoms. The maximum Gasteiger partial charge on any atom is 0.264 e. The number of para-hydroxylation sites is 1. The van der Waals surface area contributed by atoms with Crippen LogP contribution >= 0.6 is 12.4 Å². The first kappa shape index (κ1) is 23.9. The van der Waals surface area contributed by atoms with Gasteiger partial charge in [0.25, 0.3) is 15.9 Å². The molecule has 2 aromatic rings. The topological polar surface area (TPSA) is 87.7 Å². The highest BCUT2D eigenvalue weighted by molar-refractivity contribution is 7.92. The Bertz CT molecular complexity index is 847. The van der Waals surface area contributed by atoms with Crippen molar-refractivity contribution in [2.24, 2.45) is 0 Å². The number of nitrogens with one attached hydrogen (secondary N) is 2. The second-order valence-electron chi connectivity index (χ2n) is 5.80. The summed E-state index contributed by atoms with van der Waals surface area (Å²) in [6, 6.07) is 14.9. The summed E-state index contributed by atoms with van der Waals surface area (Å²) in [5.74, 6) is -0.427. The number of nitrogens with zero attached hydrogens (tertiary/aromatic N) is 1. The van der Waals surface area contributed by atoms with Crippen molar-refractivity contribution in [2.75, 3.05) is 44.7 Å². The number of hydrogen-bond acceptors (Lipinski definition) is 5. The third kappa shape index (κ3) is 6.20. The van der Waals surface area contributed by atoms with E-state index in [-0.39, 0.29) is 22.9 Å². The lowest BCUT2D eigenvalue weighted by atomic mass is 10.2. The van der Waals surface area contributed by atoms with E-state index in [1.165, 1.54) is 23.5 Å². The van der Waals surface area contributed by atoms with Gasteiger partial charge in [-0.2, -0.15) is 0 Å². The van der Waals surface area contributed by atoms with Gasteiger partial charge < -0.3 is 15.4 Å². The molecule has 0 heterocycles. The van der Waals surface area contributed by atoms with E-state index in [1.54, 1.807) is 43.5 Å². The molecule has 1 amide bonds.